The summed E-state index contributed by atoms with van der Waals surface area (Å²) in [4.78, 5) is 0. The van der Waals surface area contributed by atoms with Crippen LogP contribution in [0.5, 0.6) is 0 Å². The van der Waals surface area contributed by atoms with Gasteiger partial charge in [0.05, 0.1) is 5.60 Å². The normalized spacial score (nSPS) is 28.4. The third kappa shape index (κ3) is 4.15. The maximum atomic E-state index is 6.12. The third-order valence-corrected chi connectivity index (χ3v) is 4.74. The minimum Gasteiger partial charge on any atom is -0.385 e. The molecule has 2 heterocycles. The maximum Gasteiger partial charge on any atom is 0.0729 e. The second kappa shape index (κ2) is 7.58. The zero-order valence-corrected chi connectivity index (χ0v) is 12.5. The molecule has 19 heavy (non-hydrogen) atoms. The first-order valence-electron chi connectivity index (χ1n) is 7.67. The fraction of sp³-hybridized carbons (Fsp3) is 1.00. The van der Waals surface area contributed by atoms with Gasteiger partial charge in [0.1, 0.15) is 0 Å². The molecule has 2 saturated heterocycles. The number of rotatable bonds is 6. The summed E-state index contributed by atoms with van der Waals surface area (Å²) in [6.07, 6.45) is 6.84. The van der Waals surface area contributed by atoms with Crippen molar-refractivity contribution in [1.82, 2.24) is 5.32 Å². The van der Waals surface area contributed by atoms with Gasteiger partial charge in [0, 0.05) is 39.6 Å². The van der Waals surface area contributed by atoms with Gasteiger partial charge in [0.25, 0.3) is 0 Å². The summed E-state index contributed by atoms with van der Waals surface area (Å²) in [6, 6.07) is 0.596. The number of hydrogen-bond donors (Lipinski definition) is 1. The van der Waals surface area contributed by atoms with Crippen molar-refractivity contribution in [1.29, 1.82) is 0 Å². The first-order chi connectivity index (χ1) is 9.29. The van der Waals surface area contributed by atoms with Crippen molar-refractivity contribution >= 4 is 0 Å². The van der Waals surface area contributed by atoms with Crippen molar-refractivity contribution in [3.05, 3.63) is 0 Å². The third-order valence-electron chi connectivity index (χ3n) is 4.74. The van der Waals surface area contributed by atoms with Crippen molar-refractivity contribution < 1.29 is 14.2 Å². The standard InChI is InChI=1S/C15H29NO3/c1-16-14(4-3-8-17-2)13-5-9-19-15(12-13)6-10-18-11-7-15/h13-14,16H,3-12H2,1-2H3. The summed E-state index contributed by atoms with van der Waals surface area (Å²) in [5.41, 5.74) is 0.109. The number of methoxy groups -OCH3 is 1. The van der Waals surface area contributed by atoms with Crippen LogP contribution in [-0.4, -0.2) is 52.2 Å². The highest BCUT2D eigenvalue weighted by molar-refractivity contribution is 4.92. The Balaban J connectivity index is 1.87. The highest BCUT2D eigenvalue weighted by atomic mass is 16.5. The van der Waals surface area contributed by atoms with E-state index in [9.17, 15) is 0 Å². The van der Waals surface area contributed by atoms with Crippen LogP contribution in [0.1, 0.15) is 38.5 Å². The topological polar surface area (TPSA) is 39.7 Å². The SMILES string of the molecule is CNC(CCCOC)C1CCOC2(CCOCC2)C1. The molecule has 2 aliphatic rings. The van der Waals surface area contributed by atoms with E-state index in [-0.39, 0.29) is 5.60 Å². The van der Waals surface area contributed by atoms with Gasteiger partial charge in [0.15, 0.2) is 0 Å². The second-order valence-corrected chi connectivity index (χ2v) is 5.93. The molecule has 0 radical (unpaired) electrons. The highest BCUT2D eigenvalue weighted by Gasteiger charge is 2.40. The van der Waals surface area contributed by atoms with E-state index < -0.39 is 0 Å². The molecule has 2 unspecified atom stereocenters. The van der Waals surface area contributed by atoms with Crippen LogP contribution in [0.15, 0.2) is 0 Å². The van der Waals surface area contributed by atoms with Crippen molar-refractivity contribution in [2.75, 3.05) is 40.6 Å². The summed E-state index contributed by atoms with van der Waals surface area (Å²) in [5, 5.41) is 3.51. The summed E-state index contributed by atoms with van der Waals surface area (Å²) >= 11 is 0. The van der Waals surface area contributed by atoms with E-state index in [4.69, 9.17) is 14.2 Å². The number of hydrogen-bond acceptors (Lipinski definition) is 4. The smallest absolute Gasteiger partial charge is 0.0729 e. The molecular weight excluding hydrogens is 242 g/mol. The van der Waals surface area contributed by atoms with Gasteiger partial charge in [-0.25, -0.2) is 0 Å². The van der Waals surface area contributed by atoms with Gasteiger partial charge >= 0.3 is 0 Å². The van der Waals surface area contributed by atoms with Crippen LogP contribution in [-0.2, 0) is 14.2 Å². The number of ether oxygens (including phenoxy) is 3. The Morgan fingerprint density at radius 2 is 2.11 bits per heavy atom. The molecule has 112 valence electrons. The molecule has 4 heteroatoms. The van der Waals surface area contributed by atoms with E-state index in [1.54, 1.807) is 7.11 Å². The predicted molar refractivity (Wildman–Crippen MR) is 75.4 cm³/mol. The van der Waals surface area contributed by atoms with Crippen LogP contribution in [0.25, 0.3) is 0 Å². The van der Waals surface area contributed by atoms with Gasteiger partial charge in [-0.1, -0.05) is 0 Å². The average molecular weight is 271 g/mol. The molecular formula is C15H29NO3. The molecule has 0 amide bonds. The first-order valence-corrected chi connectivity index (χ1v) is 7.67. The fourth-order valence-corrected chi connectivity index (χ4v) is 3.56. The van der Waals surface area contributed by atoms with Crippen LogP contribution in [0.4, 0.5) is 0 Å². The molecule has 0 aromatic heterocycles. The van der Waals surface area contributed by atoms with E-state index in [1.165, 1.54) is 19.3 Å². The molecule has 2 atom stereocenters. The summed E-state index contributed by atoms with van der Waals surface area (Å²) in [7, 11) is 3.86. The highest BCUT2D eigenvalue weighted by Crippen LogP contribution is 2.38. The molecule has 0 saturated carbocycles. The average Bonchev–Trinajstić information content (AvgIpc) is 2.44. The monoisotopic (exact) mass is 271 g/mol. The predicted octanol–water partition coefficient (Wildman–Crippen LogP) is 1.98. The van der Waals surface area contributed by atoms with Gasteiger partial charge < -0.3 is 19.5 Å². The zero-order chi connectivity index (χ0) is 13.6. The van der Waals surface area contributed by atoms with Gasteiger partial charge in [-0.05, 0) is 51.5 Å². The molecule has 0 aromatic rings. The van der Waals surface area contributed by atoms with Crippen LogP contribution in [0.2, 0.25) is 0 Å². The molecule has 1 N–H and O–H groups in total. The van der Waals surface area contributed by atoms with E-state index in [2.05, 4.69) is 12.4 Å². The molecule has 4 nitrogen and oxygen atoms in total. The van der Waals surface area contributed by atoms with Gasteiger partial charge in [-0.15, -0.1) is 0 Å². The molecule has 2 rings (SSSR count). The first kappa shape index (κ1) is 15.2. The minimum atomic E-state index is 0.109. The van der Waals surface area contributed by atoms with Gasteiger partial charge in [-0.2, -0.15) is 0 Å². The Morgan fingerprint density at radius 1 is 1.32 bits per heavy atom. The molecule has 0 aliphatic carbocycles. The minimum absolute atomic E-state index is 0.109. The Morgan fingerprint density at radius 3 is 2.79 bits per heavy atom. The quantitative estimate of drug-likeness (QED) is 0.750. The van der Waals surface area contributed by atoms with Crippen molar-refractivity contribution in [2.45, 2.75) is 50.2 Å². The Bertz CT molecular complexity index is 248. The van der Waals surface area contributed by atoms with E-state index in [0.29, 0.717) is 6.04 Å². The van der Waals surface area contributed by atoms with Crippen LogP contribution >= 0.6 is 0 Å². The van der Waals surface area contributed by atoms with Crippen molar-refractivity contribution in [3.63, 3.8) is 0 Å². The molecule has 0 bridgehead atoms. The van der Waals surface area contributed by atoms with E-state index in [0.717, 1.165) is 51.6 Å². The summed E-state index contributed by atoms with van der Waals surface area (Å²) in [5.74, 6) is 0.730. The largest absolute Gasteiger partial charge is 0.385 e. The lowest BCUT2D eigenvalue weighted by molar-refractivity contribution is -0.150. The zero-order valence-electron chi connectivity index (χ0n) is 12.5. The van der Waals surface area contributed by atoms with E-state index in [1.807, 2.05) is 0 Å². The van der Waals surface area contributed by atoms with Crippen LogP contribution in [0, 0.1) is 5.92 Å². The summed E-state index contributed by atoms with van der Waals surface area (Å²) in [6.45, 7) is 3.49. The maximum absolute atomic E-state index is 6.12. The molecule has 0 aromatic carbocycles. The number of nitrogens with one attached hydrogen (secondary N) is 1. The second-order valence-electron chi connectivity index (χ2n) is 5.93. The van der Waals surface area contributed by atoms with Crippen LogP contribution in [0.3, 0.4) is 0 Å². The summed E-state index contributed by atoms with van der Waals surface area (Å²) < 4.78 is 16.8. The van der Waals surface area contributed by atoms with Gasteiger partial charge in [0.2, 0.25) is 0 Å². The molecule has 2 fully saturated rings. The Kier molecular flexibility index (Phi) is 6.07. The van der Waals surface area contributed by atoms with E-state index >= 15 is 0 Å². The molecule has 1 spiro atoms. The van der Waals surface area contributed by atoms with Crippen LogP contribution < -0.4 is 5.32 Å². The van der Waals surface area contributed by atoms with Crippen molar-refractivity contribution in [3.8, 4) is 0 Å². The molecule has 2 aliphatic heterocycles. The van der Waals surface area contributed by atoms with Crippen molar-refractivity contribution in [2.24, 2.45) is 5.92 Å². The lowest BCUT2D eigenvalue weighted by atomic mass is 9.77. The Labute approximate surface area is 117 Å². The Hall–Kier alpha value is -0.160. The van der Waals surface area contributed by atoms with Gasteiger partial charge in [-0.3, -0.25) is 0 Å². The fourth-order valence-electron chi connectivity index (χ4n) is 3.56. The lowest BCUT2D eigenvalue weighted by Crippen LogP contribution is -2.48. The lowest BCUT2D eigenvalue weighted by Gasteiger charge is -2.45.